The van der Waals surface area contributed by atoms with Gasteiger partial charge in [-0.15, -0.1) is 0 Å². The summed E-state index contributed by atoms with van der Waals surface area (Å²) >= 11 is 0. The average molecular weight is 260 g/mol. The lowest BCUT2D eigenvalue weighted by atomic mass is 10.1. The molecule has 0 saturated carbocycles. The number of ether oxygens (including phenoxy) is 1. The van der Waals surface area contributed by atoms with Crippen LogP contribution in [-0.2, 0) is 17.8 Å². The molecule has 0 aliphatic carbocycles. The molecule has 1 heterocycles. The first-order valence-corrected chi connectivity index (χ1v) is 6.48. The number of rotatable bonds is 6. The van der Waals surface area contributed by atoms with Gasteiger partial charge in [0, 0.05) is 11.7 Å². The Morgan fingerprint density at radius 1 is 1.32 bits per heavy atom. The lowest BCUT2D eigenvalue weighted by Gasteiger charge is -2.10. The molecule has 0 bridgehead atoms. The molecular weight excluding hydrogens is 240 g/mol. The topological polar surface area (TPSA) is 66.0 Å². The first kappa shape index (κ1) is 13.5. The second kappa shape index (κ2) is 6.33. The molecule has 2 aromatic rings. The molecule has 5 nitrogen and oxygen atoms in total. The largest absolute Gasteiger partial charge is 0.399 e. The van der Waals surface area contributed by atoms with E-state index in [1.165, 1.54) is 0 Å². The lowest BCUT2D eigenvalue weighted by molar-refractivity contribution is 0.114. The molecule has 2 N–H and O–H groups in total. The number of nitrogens with two attached hydrogens (primary N) is 1. The molecule has 102 valence electrons. The van der Waals surface area contributed by atoms with Crippen LogP contribution in [0.3, 0.4) is 0 Å². The molecule has 0 fully saturated rings. The second-order valence-electron chi connectivity index (χ2n) is 4.72. The molecule has 0 radical (unpaired) electrons. The minimum absolute atomic E-state index is 0.297. The van der Waals surface area contributed by atoms with Gasteiger partial charge < -0.3 is 10.5 Å². The molecule has 19 heavy (non-hydrogen) atoms. The number of nitrogens with zero attached hydrogens (tertiary/aromatic N) is 3. The number of hydrogen-bond acceptors (Lipinski definition) is 4. The van der Waals surface area contributed by atoms with Crippen LogP contribution in [-0.4, -0.2) is 21.4 Å². The van der Waals surface area contributed by atoms with Crippen LogP contribution in [0.2, 0.25) is 0 Å². The highest BCUT2D eigenvalue weighted by Crippen LogP contribution is 2.11. The van der Waals surface area contributed by atoms with Gasteiger partial charge in [0.05, 0.1) is 6.61 Å². The highest BCUT2D eigenvalue weighted by molar-refractivity contribution is 5.46. The fraction of sp³-hybridized carbons (Fsp3) is 0.429. The van der Waals surface area contributed by atoms with E-state index in [1.807, 2.05) is 28.9 Å². The lowest BCUT2D eigenvalue weighted by Crippen LogP contribution is -2.10. The standard InChI is InChI=1S/C14H20N4O/c1-11(2)18-14(16-10-17-18)9-19-8-7-12-5-3-4-6-13(12)15/h3-6,10-11H,7-9,15H2,1-2H3. The molecule has 0 saturated heterocycles. The van der Waals surface area contributed by atoms with Crippen LogP contribution in [0, 0.1) is 0 Å². The Bertz CT molecular complexity index is 522. The molecule has 1 aromatic carbocycles. The van der Waals surface area contributed by atoms with Gasteiger partial charge in [-0.2, -0.15) is 5.10 Å². The van der Waals surface area contributed by atoms with Crippen LogP contribution >= 0.6 is 0 Å². The summed E-state index contributed by atoms with van der Waals surface area (Å²) in [7, 11) is 0. The van der Waals surface area contributed by atoms with Crippen molar-refractivity contribution in [3.63, 3.8) is 0 Å². The van der Waals surface area contributed by atoms with Crippen molar-refractivity contribution in [2.45, 2.75) is 32.9 Å². The third-order valence-corrected chi connectivity index (χ3v) is 2.94. The summed E-state index contributed by atoms with van der Waals surface area (Å²) in [5.41, 5.74) is 7.81. The molecule has 1 aromatic heterocycles. The highest BCUT2D eigenvalue weighted by Gasteiger charge is 2.07. The number of aromatic nitrogens is 3. The molecule has 0 unspecified atom stereocenters. The molecule has 5 heteroatoms. The minimum atomic E-state index is 0.297. The van der Waals surface area contributed by atoms with E-state index in [0.717, 1.165) is 23.5 Å². The maximum absolute atomic E-state index is 5.88. The monoisotopic (exact) mass is 260 g/mol. The minimum Gasteiger partial charge on any atom is -0.399 e. The summed E-state index contributed by atoms with van der Waals surface area (Å²) in [6, 6.07) is 8.15. The molecule has 0 atom stereocenters. The molecule has 0 spiro atoms. The molecular formula is C14H20N4O. The number of hydrogen-bond donors (Lipinski definition) is 1. The van der Waals surface area contributed by atoms with Crippen LogP contribution in [0.15, 0.2) is 30.6 Å². The van der Waals surface area contributed by atoms with Crippen LogP contribution in [0.4, 0.5) is 5.69 Å². The zero-order chi connectivity index (χ0) is 13.7. The van der Waals surface area contributed by atoms with Gasteiger partial charge in [-0.25, -0.2) is 9.67 Å². The van der Waals surface area contributed by atoms with E-state index in [1.54, 1.807) is 6.33 Å². The van der Waals surface area contributed by atoms with Crippen molar-refractivity contribution in [2.24, 2.45) is 0 Å². The van der Waals surface area contributed by atoms with Gasteiger partial charge in [0.25, 0.3) is 0 Å². The van der Waals surface area contributed by atoms with Gasteiger partial charge in [-0.1, -0.05) is 18.2 Å². The Morgan fingerprint density at radius 2 is 2.11 bits per heavy atom. The second-order valence-corrected chi connectivity index (χ2v) is 4.72. The smallest absolute Gasteiger partial charge is 0.153 e. The van der Waals surface area contributed by atoms with Crippen molar-refractivity contribution < 1.29 is 4.74 Å². The summed E-state index contributed by atoms with van der Waals surface area (Å²) in [4.78, 5) is 4.20. The third kappa shape index (κ3) is 3.54. The third-order valence-electron chi connectivity index (χ3n) is 2.94. The van der Waals surface area contributed by atoms with E-state index in [-0.39, 0.29) is 0 Å². The van der Waals surface area contributed by atoms with Gasteiger partial charge in [-0.3, -0.25) is 0 Å². The summed E-state index contributed by atoms with van der Waals surface area (Å²) in [5, 5.41) is 4.17. The van der Waals surface area contributed by atoms with Gasteiger partial charge in [0.2, 0.25) is 0 Å². The summed E-state index contributed by atoms with van der Waals surface area (Å²) < 4.78 is 7.52. The number of nitrogen functional groups attached to an aromatic ring is 1. The van der Waals surface area contributed by atoms with Crippen molar-refractivity contribution >= 4 is 5.69 Å². The van der Waals surface area contributed by atoms with Crippen LogP contribution < -0.4 is 5.73 Å². The summed E-state index contributed by atoms with van der Waals surface area (Å²) in [6.45, 7) is 5.25. The molecule has 0 aliphatic heterocycles. The maximum Gasteiger partial charge on any atom is 0.153 e. The van der Waals surface area contributed by atoms with Crippen molar-refractivity contribution in [3.8, 4) is 0 Å². The molecule has 0 aliphatic rings. The van der Waals surface area contributed by atoms with Crippen molar-refractivity contribution in [1.82, 2.24) is 14.8 Å². The first-order chi connectivity index (χ1) is 9.18. The molecule has 0 amide bonds. The van der Waals surface area contributed by atoms with Gasteiger partial charge in [0.1, 0.15) is 12.9 Å². The van der Waals surface area contributed by atoms with Crippen LogP contribution in [0.5, 0.6) is 0 Å². The van der Waals surface area contributed by atoms with Crippen molar-refractivity contribution in [1.29, 1.82) is 0 Å². The Morgan fingerprint density at radius 3 is 2.84 bits per heavy atom. The normalized spacial score (nSPS) is 11.1. The Hall–Kier alpha value is -1.88. The average Bonchev–Trinajstić information content (AvgIpc) is 2.85. The van der Waals surface area contributed by atoms with E-state index < -0.39 is 0 Å². The predicted octanol–water partition coefficient (Wildman–Crippen LogP) is 2.20. The van der Waals surface area contributed by atoms with Crippen LogP contribution in [0.25, 0.3) is 0 Å². The van der Waals surface area contributed by atoms with Gasteiger partial charge in [-0.05, 0) is 31.9 Å². The first-order valence-electron chi connectivity index (χ1n) is 6.48. The summed E-state index contributed by atoms with van der Waals surface area (Å²) in [5.74, 6) is 0.857. The fourth-order valence-electron chi connectivity index (χ4n) is 1.92. The number of para-hydroxylation sites is 1. The molecule has 2 rings (SSSR count). The Labute approximate surface area is 113 Å². The van der Waals surface area contributed by atoms with E-state index in [9.17, 15) is 0 Å². The Balaban J connectivity index is 1.81. The van der Waals surface area contributed by atoms with Crippen LogP contribution in [0.1, 0.15) is 31.3 Å². The van der Waals surface area contributed by atoms with E-state index in [4.69, 9.17) is 10.5 Å². The highest BCUT2D eigenvalue weighted by atomic mass is 16.5. The number of benzene rings is 1. The van der Waals surface area contributed by atoms with E-state index >= 15 is 0 Å². The van der Waals surface area contributed by atoms with E-state index in [0.29, 0.717) is 19.3 Å². The summed E-state index contributed by atoms with van der Waals surface area (Å²) in [6.07, 6.45) is 2.37. The zero-order valence-electron chi connectivity index (χ0n) is 11.4. The van der Waals surface area contributed by atoms with Crippen molar-refractivity contribution in [2.75, 3.05) is 12.3 Å². The van der Waals surface area contributed by atoms with E-state index in [2.05, 4.69) is 23.9 Å². The Kier molecular flexibility index (Phi) is 4.52. The SMILES string of the molecule is CC(C)n1ncnc1COCCc1ccccc1N. The van der Waals surface area contributed by atoms with Gasteiger partial charge in [0.15, 0.2) is 5.82 Å². The quantitative estimate of drug-likeness (QED) is 0.638. The fourth-order valence-corrected chi connectivity index (χ4v) is 1.92. The number of anilines is 1. The van der Waals surface area contributed by atoms with Gasteiger partial charge >= 0.3 is 0 Å². The van der Waals surface area contributed by atoms with Crippen molar-refractivity contribution in [3.05, 3.63) is 42.0 Å². The predicted molar refractivity (Wildman–Crippen MR) is 74.6 cm³/mol. The zero-order valence-corrected chi connectivity index (χ0v) is 11.4. The maximum atomic E-state index is 5.88.